The van der Waals surface area contributed by atoms with Crippen LogP contribution < -0.4 is 5.32 Å². The minimum atomic E-state index is -0.403. The van der Waals surface area contributed by atoms with Gasteiger partial charge in [0.15, 0.2) is 0 Å². The number of hydrogen-bond donors (Lipinski definition) is 1. The molecule has 0 radical (unpaired) electrons. The molecule has 0 saturated heterocycles. The van der Waals surface area contributed by atoms with Gasteiger partial charge in [-0.15, -0.1) is 0 Å². The van der Waals surface area contributed by atoms with Gasteiger partial charge in [0.25, 0.3) is 0 Å². The number of amides is 1. The average Bonchev–Trinajstić information content (AvgIpc) is 2.15. The number of rotatable bonds is 3. The van der Waals surface area contributed by atoms with Gasteiger partial charge < -0.3 is 10.1 Å². The second kappa shape index (κ2) is 5.34. The minimum absolute atomic E-state index is 0.326. The highest BCUT2D eigenvalue weighted by Crippen LogP contribution is 2.17. The van der Waals surface area contributed by atoms with E-state index in [1.807, 2.05) is 38.1 Å². The molecule has 0 bridgehead atoms. The number of nitrogens with one attached hydrogen (secondary N) is 1. The highest BCUT2D eigenvalue weighted by molar-refractivity contribution is 9.10. The molecule has 1 amide bonds. The highest BCUT2D eigenvalue weighted by atomic mass is 79.9. The molecule has 88 valence electrons. The summed E-state index contributed by atoms with van der Waals surface area (Å²) < 4.78 is 5.63. The van der Waals surface area contributed by atoms with Gasteiger partial charge in [0.2, 0.25) is 0 Å². The van der Waals surface area contributed by atoms with Crippen LogP contribution >= 0.6 is 15.9 Å². The maximum atomic E-state index is 11.1. The molecule has 0 heterocycles. The van der Waals surface area contributed by atoms with Crippen molar-refractivity contribution in [2.75, 3.05) is 7.11 Å². The highest BCUT2D eigenvalue weighted by Gasteiger charge is 2.21. The fourth-order valence-corrected chi connectivity index (χ4v) is 1.98. The van der Waals surface area contributed by atoms with Crippen molar-refractivity contribution in [1.82, 2.24) is 5.32 Å². The maximum absolute atomic E-state index is 11.1. The van der Waals surface area contributed by atoms with Crippen molar-refractivity contribution >= 4 is 22.0 Å². The first kappa shape index (κ1) is 13.0. The largest absolute Gasteiger partial charge is 0.453 e. The zero-order valence-corrected chi connectivity index (χ0v) is 11.3. The number of benzene rings is 1. The van der Waals surface area contributed by atoms with Crippen molar-refractivity contribution in [3.05, 3.63) is 34.3 Å². The minimum Gasteiger partial charge on any atom is -0.453 e. The molecular formula is C12H16BrNO2. The number of carbonyl (C=O) groups is 1. The summed E-state index contributed by atoms with van der Waals surface area (Å²) in [5.41, 5.74) is 0.837. The zero-order valence-electron chi connectivity index (χ0n) is 9.71. The monoisotopic (exact) mass is 285 g/mol. The summed E-state index contributed by atoms with van der Waals surface area (Å²) >= 11 is 3.42. The third-order valence-electron chi connectivity index (χ3n) is 2.16. The molecule has 1 rings (SSSR count). The number of ether oxygens (including phenoxy) is 1. The Balaban J connectivity index is 2.68. The molecule has 0 aliphatic rings. The van der Waals surface area contributed by atoms with Crippen LogP contribution in [0.5, 0.6) is 0 Å². The van der Waals surface area contributed by atoms with Crippen molar-refractivity contribution in [3.8, 4) is 0 Å². The lowest BCUT2D eigenvalue weighted by molar-refractivity contribution is 0.159. The predicted octanol–water partition coefficient (Wildman–Crippen LogP) is 3.13. The van der Waals surface area contributed by atoms with Crippen LogP contribution in [0.1, 0.15) is 19.4 Å². The van der Waals surface area contributed by atoms with E-state index in [9.17, 15) is 4.79 Å². The Kier molecular flexibility index (Phi) is 4.35. The van der Waals surface area contributed by atoms with Crippen LogP contribution in [0.15, 0.2) is 28.7 Å². The Hall–Kier alpha value is -1.03. The van der Waals surface area contributed by atoms with E-state index in [-0.39, 0.29) is 5.54 Å². The Bertz CT molecular complexity index is 377. The summed E-state index contributed by atoms with van der Waals surface area (Å²) in [6, 6.07) is 8.03. The molecular weight excluding hydrogens is 270 g/mol. The van der Waals surface area contributed by atoms with Crippen LogP contribution in [0.2, 0.25) is 0 Å². The fourth-order valence-electron chi connectivity index (χ4n) is 1.53. The van der Waals surface area contributed by atoms with Gasteiger partial charge in [0.1, 0.15) is 0 Å². The first-order valence-electron chi connectivity index (χ1n) is 5.03. The molecule has 0 spiro atoms. The maximum Gasteiger partial charge on any atom is 0.407 e. The van der Waals surface area contributed by atoms with Crippen molar-refractivity contribution < 1.29 is 9.53 Å². The molecule has 0 aliphatic carbocycles. The van der Waals surface area contributed by atoms with Crippen molar-refractivity contribution in [2.24, 2.45) is 0 Å². The molecule has 0 unspecified atom stereocenters. The summed E-state index contributed by atoms with van der Waals surface area (Å²) in [5.74, 6) is 0. The number of carbonyl (C=O) groups excluding carboxylic acids is 1. The summed E-state index contributed by atoms with van der Waals surface area (Å²) in [7, 11) is 1.37. The van der Waals surface area contributed by atoms with Gasteiger partial charge in [0, 0.05) is 10.0 Å². The summed E-state index contributed by atoms with van der Waals surface area (Å²) in [4.78, 5) is 11.1. The Labute approximate surface area is 104 Å². The lowest BCUT2D eigenvalue weighted by atomic mass is 9.95. The molecule has 1 N–H and O–H groups in total. The summed E-state index contributed by atoms with van der Waals surface area (Å²) in [5, 5.41) is 2.80. The van der Waals surface area contributed by atoms with Gasteiger partial charge in [-0.1, -0.05) is 28.1 Å². The van der Waals surface area contributed by atoms with E-state index in [2.05, 4.69) is 26.0 Å². The molecule has 0 aromatic heterocycles. The standard InChI is InChI=1S/C12H16BrNO2/c1-12(2,14-11(15)16-3)8-9-5-4-6-10(13)7-9/h4-7H,8H2,1-3H3,(H,14,15). The molecule has 1 aromatic rings. The normalized spacial score (nSPS) is 11.0. The van der Waals surface area contributed by atoms with E-state index in [0.29, 0.717) is 0 Å². The van der Waals surface area contributed by atoms with Gasteiger partial charge in [0.05, 0.1) is 7.11 Å². The van der Waals surface area contributed by atoms with E-state index in [4.69, 9.17) is 0 Å². The third-order valence-corrected chi connectivity index (χ3v) is 2.65. The van der Waals surface area contributed by atoms with Crippen LogP contribution in [0.3, 0.4) is 0 Å². The SMILES string of the molecule is COC(=O)NC(C)(C)Cc1cccc(Br)c1. The van der Waals surface area contributed by atoms with Crippen molar-refractivity contribution in [1.29, 1.82) is 0 Å². The molecule has 3 nitrogen and oxygen atoms in total. The van der Waals surface area contributed by atoms with E-state index >= 15 is 0 Å². The van der Waals surface area contributed by atoms with E-state index in [1.54, 1.807) is 0 Å². The van der Waals surface area contributed by atoms with Crippen molar-refractivity contribution in [2.45, 2.75) is 25.8 Å². The summed E-state index contributed by atoms with van der Waals surface area (Å²) in [6.07, 6.45) is 0.349. The van der Waals surface area contributed by atoms with Crippen LogP contribution in [0.4, 0.5) is 4.79 Å². The Morgan fingerprint density at radius 3 is 2.75 bits per heavy atom. The topological polar surface area (TPSA) is 38.3 Å². The van der Waals surface area contributed by atoms with E-state index in [1.165, 1.54) is 7.11 Å². The molecule has 4 heteroatoms. The molecule has 0 atom stereocenters. The van der Waals surface area contributed by atoms with Crippen LogP contribution in [0, 0.1) is 0 Å². The van der Waals surface area contributed by atoms with Gasteiger partial charge in [-0.25, -0.2) is 4.79 Å². The second-order valence-corrected chi connectivity index (χ2v) is 5.22. The molecule has 16 heavy (non-hydrogen) atoms. The van der Waals surface area contributed by atoms with Gasteiger partial charge >= 0.3 is 6.09 Å². The molecule has 0 saturated carbocycles. The molecule has 0 aliphatic heterocycles. The lowest BCUT2D eigenvalue weighted by Crippen LogP contribution is -2.45. The van der Waals surface area contributed by atoms with Crippen LogP contribution in [0.25, 0.3) is 0 Å². The third kappa shape index (κ3) is 4.23. The van der Waals surface area contributed by atoms with Crippen molar-refractivity contribution in [3.63, 3.8) is 0 Å². The molecule has 0 fully saturated rings. The quantitative estimate of drug-likeness (QED) is 0.927. The smallest absolute Gasteiger partial charge is 0.407 e. The number of hydrogen-bond acceptors (Lipinski definition) is 2. The van der Waals surface area contributed by atoms with E-state index < -0.39 is 6.09 Å². The predicted molar refractivity (Wildman–Crippen MR) is 67.5 cm³/mol. The van der Waals surface area contributed by atoms with Crippen LogP contribution in [-0.2, 0) is 11.2 Å². The number of halogens is 1. The Morgan fingerprint density at radius 2 is 2.19 bits per heavy atom. The average molecular weight is 286 g/mol. The second-order valence-electron chi connectivity index (χ2n) is 4.31. The van der Waals surface area contributed by atoms with Gasteiger partial charge in [-0.05, 0) is 38.0 Å². The summed E-state index contributed by atoms with van der Waals surface area (Å²) in [6.45, 7) is 3.93. The first-order valence-corrected chi connectivity index (χ1v) is 5.83. The first-order chi connectivity index (χ1) is 7.43. The van der Waals surface area contributed by atoms with Crippen LogP contribution in [-0.4, -0.2) is 18.7 Å². The molecule has 1 aromatic carbocycles. The number of alkyl carbamates (subject to hydrolysis) is 1. The Morgan fingerprint density at radius 1 is 1.50 bits per heavy atom. The van der Waals surface area contributed by atoms with E-state index in [0.717, 1.165) is 16.5 Å². The van der Waals surface area contributed by atoms with Gasteiger partial charge in [-0.2, -0.15) is 0 Å². The zero-order chi connectivity index (χ0) is 12.2. The van der Waals surface area contributed by atoms with Gasteiger partial charge in [-0.3, -0.25) is 0 Å². The lowest BCUT2D eigenvalue weighted by Gasteiger charge is -2.25. The fraction of sp³-hybridized carbons (Fsp3) is 0.417. The number of methoxy groups -OCH3 is 1.